The Morgan fingerprint density at radius 2 is 2.11 bits per heavy atom. The van der Waals surface area contributed by atoms with E-state index in [4.69, 9.17) is 15.2 Å². The maximum absolute atomic E-state index is 5.62. The summed E-state index contributed by atoms with van der Waals surface area (Å²) in [5.41, 5.74) is 8.88. The Labute approximate surface area is 105 Å². The van der Waals surface area contributed by atoms with Crippen molar-refractivity contribution in [2.75, 3.05) is 12.5 Å². The van der Waals surface area contributed by atoms with Gasteiger partial charge in [0.05, 0.1) is 5.69 Å². The number of aromatic amines is 1. The largest absolute Gasteiger partial charge is 0.454 e. The predicted molar refractivity (Wildman–Crippen MR) is 67.7 cm³/mol. The van der Waals surface area contributed by atoms with E-state index in [2.05, 4.69) is 16.0 Å². The van der Waals surface area contributed by atoms with Crippen molar-refractivity contribution in [3.63, 3.8) is 0 Å². The number of hydrogen-bond donors (Lipinski definition) is 2. The van der Waals surface area contributed by atoms with Crippen molar-refractivity contribution in [3.8, 4) is 11.5 Å². The van der Waals surface area contributed by atoms with Crippen LogP contribution in [-0.4, -0.2) is 16.8 Å². The number of aryl methyl sites for hydroxylation is 3. The molecule has 1 aliphatic heterocycles. The highest BCUT2D eigenvalue weighted by Gasteiger charge is 2.13. The van der Waals surface area contributed by atoms with Gasteiger partial charge in [-0.05, 0) is 37.5 Å². The quantitative estimate of drug-likeness (QED) is 0.865. The van der Waals surface area contributed by atoms with Gasteiger partial charge in [-0.2, -0.15) is 0 Å². The molecule has 0 unspecified atom stereocenters. The maximum atomic E-state index is 5.62. The molecule has 0 aliphatic carbocycles. The molecule has 2 heterocycles. The zero-order chi connectivity index (χ0) is 12.5. The van der Waals surface area contributed by atoms with Gasteiger partial charge < -0.3 is 20.2 Å². The summed E-state index contributed by atoms with van der Waals surface area (Å²) in [4.78, 5) is 7.27. The van der Waals surface area contributed by atoms with E-state index in [-0.39, 0.29) is 0 Å². The second kappa shape index (κ2) is 4.25. The molecule has 5 nitrogen and oxygen atoms in total. The Morgan fingerprint density at radius 1 is 1.28 bits per heavy atom. The summed E-state index contributed by atoms with van der Waals surface area (Å²) in [7, 11) is 0. The molecule has 0 fully saturated rings. The summed E-state index contributed by atoms with van der Waals surface area (Å²) in [6.07, 6.45) is 1.76. The van der Waals surface area contributed by atoms with Crippen molar-refractivity contribution in [2.45, 2.75) is 19.8 Å². The fourth-order valence-corrected chi connectivity index (χ4v) is 2.12. The monoisotopic (exact) mass is 245 g/mol. The molecule has 94 valence electrons. The Balaban J connectivity index is 1.72. The summed E-state index contributed by atoms with van der Waals surface area (Å²) >= 11 is 0. The van der Waals surface area contributed by atoms with E-state index in [1.54, 1.807) is 0 Å². The van der Waals surface area contributed by atoms with E-state index in [0.29, 0.717) is 12.7 Å². The predicted octanol–water partition coefficient (Wildman–Crippen LogP) is 1.81. The van der Waals surface area contributed by atoms with E-state index in [9.17, 15) is 0 Å². The number of nitrogen functional groups attached to an aromatic ring is 1. The van der Waals surface area contributed by atoms with E-state index < -0.39 is 0 Å². The summed E-state index contributed by atoms with van der Waals surface area (Å²) in [5, 5.41) is 0. The summed E-state index contributed by atoms with van der Waals surface area (Å²) in [6, 6.07) is 6.02. The highest BCUT2D eigenvalue weighted by atomic mass is 16.7. The highest BCUT2D eigenvalue weighted by Crippen LogP contribution is 2.32. The lowest BCUT2D eigenvalue weighted by molar-refractivity contribution is 0.174. The van der Waals surface area contributed by atoms with Crippen molar-refractivity contribution >= 4 is 5.95 Å². The lowest BCUT2D eigenvalue weighted by atomic mass is 10.1. The van der Waals surface area contributed by atoms with E-state index in [1.807, 2.05) is 19.1 Å². The van der Waals surface area contributed by atoms with Gasteiger partial charge >= 0.3 is 0 Å². The Bertz CT molecular complexity index is 578. The minimum Gasteiger partial charge on any atom is -0.454 e. The van der Waals surface area contributed by atoms with Crippen LogP contribution in [0.15, 0.2) is 18.2 Å². The Kier molecular flexibility index (Phi) is 2.59. The number of benzene rings is 1. The molecule has 5 heteroatoms. The lowest BCUT2D eigenvalue weighted by Gasteiger charge is -2.02. The first kappa shape index (κ1) is 11.0. The third-order valence-corrected chi connectivity index (χ3v) is 3.09. The number of H-pyrrole nitrogens is 1. The summed E-state index contributed by atoms with van der Waals surface area (Å²) < 4.78 is 10.6. The van der Waals surface area contributed by atoms with E-state index >= 15 is 0 Å². The molecule has 18 heavy (non-hydrogen) atoms. The summed E-state index contributed by atoms with van der Waals surface area (Å²) in [6.45, 7) is 2.30. The van der Waals surface area contributed by atoms with E-state index in [0.717, 1.165) is 35.7 Å². The van der Waals surface area contributed by atoms with Crippen LogP contribution in [0.3, 0.4) is 0 Å². The average Bonchev–Trinajstić information content (AvgIpc) is 2.92. The molecule has 3 rings (SSSR count). The SMILES string of the molecule is Cc1[nH]c(N)nc1CCc1ccc2c(c1)OCO2. The molecule has 0 bridgehead atoms. The van der Waals surface area contributed by atoms with Crippen LogP contribution < -0.4 is 15.2 Å². The number of nitrogens with two attached hydrogens (primary N) is 1. The topological polar surface area (TPSA) is 73.2 Å². The van der Waals surface area contributed by atoms with Crippen LogP contribution in [0.1, 0.15) is 17.0 Å². The maximum Gasteiger partial charge on any atom is 0.231 e. The first-order chi connectivity index (χ1) is 8.72. The Hall–Kier alpha value is -2.17. The number of fused-ring (bicyclic) bond motifs is 1. The van der Waals surface area contributed by atoms with Crippen LogP contribution in [0.5, 0.6) is 11.5 Å². The van der Waals surface area contributed by atoms with Gasteiger partial charge in [-0.1, -0.05) is 6.07 Å². The van der Waals surface area contributed by atoms with Crippen LogP contribution in [0.25, 0.3) is 0 Å². The van der Waals surface area contributed by atoms with Gasteiger partial charge in [0, 0.05) is 5.69 Å². The molecule has 1 aliphatic rings. The lowest BCUT2D eigenvalue weighted by Crippen LogP contribution is -1.94. The van der Waals surface area contributed by atoms with Gasteiger partial charge in [0.2, 0.25) is 6.79 Å². The van der Waals surface area contributed by atoms with Crippen LogP contribution in [0, 0.1) is 6.92 Å². The van der Waals surface area contributed by atoms with Crippen LogP contribution in [0.2, 0.25) is 0 Å². The first-order valence-electron chi connectivity index (χ1n) is 5.92. The average molecular weight is 245 g/mol. The van der Waals surface area contributed by atoms with Crippen LogP contribution in [-0.2, 0) is 12.8 Å². The standard InChI is InChI=1S/C13H15N3O2/c1-8-10(16-13(14)15-8)4-2-9-3-5-11-12(6-9)18-7-17-11/h3,5-6H,2,4,7H2,1H3,(H3,14,15,16). The smallest absolute Gasteiger partial charge is 0.231 e. The molecule has 0 radical (unpaired) electrons. The first-order valence-corrected chi connectivity index (χ1v) is 5.92. The highest BCUT2D eigenvalue weighted by molar-refractivity contribution is 5.44. The number of aromatic nitrogens is 2. The minimum atomic E-state index is 0.313. The van der Waals surface area contributed by atoms with Crippen molar-refractivity contribution in [1.82, 2.24) is 9.97 Å². The number of nitrogens with one attached hydrogen (secondary N) is 1. The van der Waals surface area contributed by atoms with Crippen molar-refractivity contribution < 1.29 is 9.47 Å². The molecule has 1 aromatic heterocycles. The zero-order valence-corrected chi connectivity index (χ0v) is 10.2. The second-order valence-corrected chi connectivity index (χ2v) is 4.38. The second-order valence-electron chi connectivity index (χ2n) is 4.38. The van der Waals surface area contributed by atoms with Gasteiger partial charge in [-0.25, -0.2) is 4.98 Å². The van der Waals surface area contributed by atoms with Gasteiger partial charge in [0.1, 0.15) is 0 Å². The number of ether oxygens (including phenoxy) is 2. The molecule has 0 amide bonds. The molecule has 1 aromatic carbocycles. The molecule has 0 saturated carbocycles. The normalized spacial score (nSPS) is 12.9. The molecule has 3 N–H and O–H groups in total. The van der Waals surface area contributed by atoms with Gasteiger partial charge in [0.25, 0.3) is 0 Å². The number of hydrogen-bond acceptors (Lipinski definition) is 4. The van der Waals surface area contributed by atoms with Crippen molar-refractivity contribution in [2.24, 2.45) is 0 Å². The number of nitrogens with zero attached hydrogens (tertiary/aromatic N) is 1. The molecular formula is C13H15N3O2. The molecule has 2 aromatic rings. The number of imidazole rings is 1. The zero-order valence-electron chi connectivity index (χ0n) is 10.2. The van der Waals surface area contributed by atoms with Gasteiger partial charge in [-0.3, -0.25) is 0 Å². The van der Waals surface area contributed by atoms with Crippen LogP contribution >= 0.6 is 0 Å². The fraction of sp³-hybridized carbons (Fsp3) is 0.308. The fourth-order valence-electron chi connectivity index (χ4n) is 2.12. The Morgan fingerprint density at radius 3 is 2.89 bits per heavy atom. The van der Waals surface area contributed by atoms with E-state index in [1.165, 1.54) is 5.56 Å². The molecular weight excluding hydrogens is 230 g/mol. The van der Waals surface area contributed by atoms with Gasteiger partial charge in [-0.15, -0.1) is 0 Å². The van der Waals surface area contributed by atoms with Crippen molar-refractivity contribution in [3.05, 3.63) is 35.2 Å². The van der Waals surface area contributed by atoms with Gasteiger partial charge in [0.15, 0.2) is 17.4 Å². The third-order valence-electron chi connectivity index (χ3n) is 3.09. The van der Waals surface area contributed by atoms with Crippen molar-refractivity contribution in [1.29, 1.82) is 0 Å². The number of rotatable bonds is 3. The van der Waals surface area contributed by atoms with Crippen LogP contribution in [0.4, 0.5) is 5.95 Å². The molecule has 0 saturated heterocycles. The molecule has 0 spiro atoms. The number of anilines is 1. The summed E-state index contributed by atoms with van der Waals surface area (Å²) in [5.74, 6) is 2.12. The minimum absolute atomic E-state index is 0.313. The third kappa shape index (κ3) is 1.99. The molecule has 0 atom stereocenters.